The van der Waals surface area contributed by atoms with Gasteiger partial charge in [-0.3, -0.25) is 0 Å². The first-order valence-electron chi connectivity index (χ1n) is 6.54. The van der Waals surface area contributed by atoms with E-state index >= 15 is 0 Å². The van der Waals surface area contributed by atoms with E-state index in [-0.39, 0.29) is 5.78 Å². The Hall–Kier alpha value is -1.60. The zero-order chi connectivity index (χ0) is 15.1. The predicted octanol–water partition coefficient (Wildman–Crippen LogP) is 3.75. The van der Waals surface area contributed by atoms with Crippen LogP contribution in [0.1, 0.15) is 19.8 Å². The highest BCUT2D eigenvalue weighted by Gasteiger charge is 2.06. The Morgan fingerprint density at radius 1 is 1.43 bits per heavy atom. The summed E-state index contributed by atoms with van der Waals surface area (Å²) in [6.07, 6.45) is 1.50. The summed E-state index contributed by atoms with van der Waals surface area (Å²) in [7, 11) is 1.64. The Morgan fingerprint density at radius 3 is 3.05 bits per heavy atom. The summed E-state index contributed by atoms with van der Waals surface area (Å²) < 4.78 is 6.08. The van der Waals surface area contributed by atoms with Crippen molar-refractivity contribution in [2.24, 2.45) is 0 Å². The van der Waals surface area contributed by atoms with E-state index in [1.165, 1.54) is 11.3 Å². The number of methoxy groups -OCH3 is 1. The molecule has 0 atom stereocenters. The number of anilines is 2. The molecular formula is C14H17N3O2S2. The standard InChI is InChI=1S/C14H17N3O2S2/c1-10(18)5-4-8-20-14-17-16-13(21-14)15-11-6-3-7-12(9-11)19-2/h3,6-7,9H,4-5,8H2,1-2H3,(H,15,16). The molecule has 0 amide bonds. The van der Waals surface area contributed by atoms with E-state index in [1.807, 2.05) is 24.3 Å². The highest BCUT2D eigenvalue weighted by molar-refractivity contribution is 8.01. The molecule has 0 saturated heterocycles. The topological polar surface area (TPSA) is 64.1 Å². The fraction of sp³-hybridized carbons (Fsp3) is 0.357. The van der Waals surface area contributed by atoms with Gasteiger partial charge in [0, 0.05) is 23.9 Å². The van der Waals surface area contributed by atoms with Gasteiger partial charge in [0.05, 0.1) is 7.11 Å². The van der Waals surface area contributed by atoms with Gasteiger partial charge in [-0.25, -0.2) is 0 Å². The Labute approximate surface area is 132 Å². The largest absolute Gasteiger partial charge is 0.497 e. The van der Waals surface area contributed by atoms with Crippen LogP contribution in [-0.4, -0.2) is 28.8 Å². The van der Waals surface area contributed by atoms with Crippen molar-refractivity contribution in [3.05, 3.63) is 24.3 Å². The average molecular weight is 323 g/mol. The summed E-state index contributed by atoms with van der Waals surface area (Å²) in [4.78, 5) is 10.9. The van der Waals surface area contributed by atoms with Crippen LogP contribution in [0.25, 0.3) is 0 Å². The Kier molecular flexibility index (Phi) is 6.01. The molecule has 1 aromatic heterocycles. The third-order valence-corrected chi connectivity index (χ3v) is 4.68. The van der Waals surface area contributed by atoms with E-state index in [0.29, 0.717) is 6.42 Å². The van der Waals surface area contributed by atoms with Crippen molar-refractivity contribution in [3.8, 4) is 5.75 Å². The molecule has 0 aliphatic heterocycles. The van der Waals surface area contributed by atoms with Crippen LogP contribution in [0.15, 0.2) is 28.6 Å². The Morgan fingerprint density at radius 2 is 2.29 bits per heavy atom. The Balaban J connectivity index is 1.86. The molecule has 0 aliphatic rings. The van der Waals surface area contributed by atoms with E-state index in [4.69, 9.17) is 4.74 Å². The van der Waals surface area contributed by atoms with Crippen LogP contribution in [0, 0.1) is 0 Å². The highest BCUT2D eigenvalue weighted by atomic mass is 32.2. The van der Waals surface area contributed by atoms with E-state index < -0.39 is 0 Å². The van der Waals surface area contributed by atoms with Gasteiger partial charge in [0.25, 0.3) is 0 Å². The smallest absolute Gasteiger partial charge is 0.210 e. The molecule has 5 nitrogen and oxygen atoms in total. The van der Waals surface area contributed by atoms with Gasteiger partial charge in [0.1, 0.15) is 11.5 Å². The molecule has 1 aromatic carbocycles. The summed E-state index contributed by atoms with van der Waals surface area (Å²) in [5.74, 6) is 1.91. The third kappa shape index (κ3) is 5.35. The number of thioether (sulfide) groups is 1. The highest BCUT2D eigenvalue weighted by Crippen LogP contribution is 2.29. The summed E-state index contributed by atoms with van der Waals surface area (Å²) in [5, 5.41) is 12.2. The minimum Gasteiger partial charge on any atom is -0.497 e. The van der Waals surface area contributed by atoms with Gasteiger partial charge < -0.3 is 14.8 Å². The molecule has 0 radical (unpaired) electrons. The first-order chi connectivity index (χ1) is 10.2. The molecule has 112 valence electrons. The molecule has 0 saturated carbocycles. The van der Waals surface area contributed by atoms with Crippen molar-refractivity contribution < 1.29 is 9.53 Å². The average Bonchev–Trinajstić information content (AvgIpc) is 2.91. The SMILES string of the molecule is COc1cccc(Nc2nnc(SCCCC(C)=O)s2)c1. The van der Waals surface area contributed by atoms with Crippen molar-refractivity contribution in [2.45, 2.75) is 24.1 Å². The lowest BCUT2D eigenvalue weighted by atomic mass is 10.3. The lowest BCUT2D eigenvalue weighted by Gasteiger charge is -2.04. The maximum absolute atomic E-state index is 10.9. The predicted molar refractivity (Wildman–Crippen MR) is 86.8 cm³/mol. The van der Waals surface area contributed by atoms with Crippen molar-refractivity contribution in [3.63, 3.8) is 0 Å². The lowest BCUT2D eigenvalue weighted by Crippen LogP contribution is -1.90. The number of hydrogen-bond donors (Lipinski definition) is 1. The van der Waals surface area contributed by atoms with Gasteiger partial charge in [-0.05, 0) is 25.5 Å². The van der Waals surface area contributed by atoms with Crippen molar-refractivity contribution >= 4 is 39.7 Å². The number of aromatic nitrogens is 2. The maximum Gasteiger partial charge on any atom is 0.210 e. The first-order valence-corrected chi connectivity index (χ1v) is 8.34. The molecular weight excluding hydrogens is 306 g/mol. The lowest BCUT2D eigenvalue weighted by molar-refractivity contribution is -0.117. The number of rotatable bonds is 8. The molecule has 0 unspecified atom stereocenters. The monoisotopic (exact) mass is 323 g/mol. The van der Waals surface area contributed by atoms with E-state index in [1.54, 1.807) is 25.8 Å². The van der Waals surface area contributed by atoms with Gasteiger partial charge >= 0.3 is 0 Å². The number of nitrogens with zero attached hydrogens (tertiary/aromatic N) is 2. The molecule has 2 rings (SSSR count). The molecule has 0 bridgehead atoms. The number of benzene rings is 1. The minimum atomic E-state index is 0.230. The summed E-state index contributed by atoms with van der Waals surface area (Å²) in [6.45, 7) is 1.62. The van der Waals surface area contributed by atoms with E-state index in [2.05, 4.69) is 15.5 Å². The second-order valence-electron chi connectivity index (χ2n) is 4.38. The normalized spacial score (nSPS) is 10.4. The van der Waals surface area contributed by atoms with Crippen LogP contribution in [0.3, 0.4) is 0 Å². The fourth-order valence-electron chi connectivity index (χ4n) is 1.62. The molecule has 0 aliphatic carbocycles. The van der Waals surface area contributed by atoms with Crippen molar-refractivity contribution in [1.82, 2.24) is 10.2 Å². The number of ketones is 1. The van der Waals surface area contributed by atoms with Gasteiger partial charge in [0.2, 0.25) is 5.13 Å². The molecule has 21 heavy (non-hydrogen) atoms. The van der Waals surface area contributed by atoms with Crippen LogP contribution in [0.2, 0.25) is 0 Å². The van der Waals surface area contributed by atoms with Gasteiger partial charge in [-0.1, -0.05) is 29.2 Å². The Bertz CT molecular complexity index is 601. The molecule has 1 N–H and O–H groups in total. The molecule has 2 aromatic rings. The van der Waals surface area contributed by atoms with E-state index in [0.717, 1.165) is 33.1 Å². The minimum absolute atomic E-state index is 0.230. The summed E-state index contributed by atoms with van der Waals surface area (Å²) >= 11 is 3.13. The van der Waals surface area contributed by atoms with E-state index in [9.17, 15) is 4.79 Å². The van der Waals surface area contributed by atoms with Crippen LogP contribution in [-0.2, 0) is 4.79 Å². The molecule has 0 fully saturated rings. The first kappa shape index (κ1) is 15.8. The second-order valence-corrected chi connectivity index (χ2v) is 6.70. The number of ether oxygens (including phenoxy) is 1. The summed E-state index contributed by atoms with van der Waals surface area (Å²) in [6, 6.07) is 7.66. The molecule has 7 heteroatoms. The van der Waals surface area contributed by atoms with Gasteiger partial charge in [-0.15, -0.1) is 10.2 Å². The number of hydrogen-bond acceptors (Lipinski definition) is 7. The fourth-order valence-corrected chi connectivity index (χ4v) is 3.41. The summed E-state index contributed by atoms with van der Waals surface area (Å²) in [5.41, 5.74) is 0.915. The third-order valence-electron chi connectivity index (χ3n) is 2.63. The van der Waals surface area contributed by atoms with Crippen LogP contribution in [0.4, 0.5) is 10.8 Å². The van der Waals surface area contributed by atoms with Crippen molar-refractivity contribution in [2.75, 3.05) is 18.2 Å². The van der Waals surface area contributed by atoms with Crippen LogP contribution < -0.4 is 10.1 Å². The van der Waals surface area contributed by atoms with Crippen LogP contribution in [0.5, 0.6) is 5.75 Å². The molecule has 1 heterocycles. The van der Waals surface area contributed by atoms with Gasteiger partial charge in [-0.2, -0.15) is 0 Å². The second kappa shape index (κ2) is 7.99. The number of Topliss-reactive ketones (excluding diaryl/α,β-unsaturated/α-hetero) is 1. The number of carbonyl (C=O) groups excluding carboxylic acids is 1. The molecule has 0 spiro atoms. The maximum atomic E-state index is 10.9. The van der Waals surface area contributed by atoms with Crippen molar-refractivity contribution in [1.29, 1.82) is 0 Å². The zero-order valence-electron chi connectivity index (χ0n) is 12.0. The number of nitrogens with one attached hydrogen (secondary N) is 1. The van der Waals surface area contributed by atoms with Gasteiger partial charge in [0.15, 0.2) is 4.34 Å². The quantitative estimate of drug-likeness (QED) is 0.589. The zero-order valence-corrected chi connectivity index (χ0v) is 13.6. The van der Waals surface area contributed by atoms with Crippen LogP contribution >= 0.6 is 23.1 Å². The number of carbonyl (C=O) groups is 1.